The summed E-state index contributed by atoms with van der Waals surface area (Å²) in [6, 6.07) is 5.49. The normalized spacial score (nSPS) is 21.2. The average molecular weight is 381 g/mol. The van der Waals surface area contributed by atoms with Gasteiger partial charge >= 0.3 is 0 Å². The topological polar surface area (TPSA) is 75.4 Å². The van der Waals surface area contributed by atoms with E-state index in [1.54, 1.807) is 12.1 Å². The van der Waals surface area contributed by atoms with Crippen molar-refractivity contribution in [3.63, 3.8) is 0 Å². The van der Waals surface area contributed by atoms with E-state index < -0.39 is 0 Å². The Morgan fingerprint density at radius 1 is 1.39 bits per heavy atom. The van der Waals surface area contributed by atoms with Crippen molar-refractivity contribution in [2.75, 3.05) is 6.54 Å². The highest BCUT2D eigenvalue weighted by Gasteiger charge is 2.54. The fraction of sp³-hybridized carbons (Fsp3) is 0.500. The SMILES string of the molecule is CC/C(C)=C/C(=O)N1CCCC1C1(NC(=O)c2ccc3c(C)noc3c2)CC1. The Hall–Kier alpha value is -2.63. The van der Waals surface area contributed by atoms with E-state index in [0.717, 1.165) is 55.3 Å². The van der Waals surface area contributed by atoms with Gasteiger partial charge in [0, 0.05) is 23.6 Å². The molecule has 28 heavy (non-hydrogen) atoms. The summed E-state index contributed by atoms with van der Waals surface area (Å²) >= 11 is 0. The molecule has 1 aliphatic heterocycles. The fourth-order valence-corrected chi connectivity index (χ4v) is 4.18. The molecule has 1 atom stereocenters. The number of rotatable bonds is 5. The zero-order chi connectivity index (χ0) is 19.9. The first-order chi connectivity index (χ1) is 13.4. The third-order valence-electron chi connectivity index (χ3n) is 6.17. The summed E-state index contributed by atoms with van der Waals surface area (Å²) in [6.07, 6.45) is 6.36. The molecule has 148 valence electrons. The number of hydrogen-bond acceptors (Lipinski definition) is 4. The number of benzene rings is 1. The molecule has 1 aliphatic carbocycles. The van der Waals surface area contributed by atoms with E-state index >= 15 is 0 Å². The Kier molecular flexibility index (Phi) is 4.73. The van der Waals surface area contributed by atoms with Gasteiger partial charge in [0.1, 0.15) is 0 Å². The van der Waals surface area contributed by atoms with Crippen LogP contribution in [0.3, 0.4) is 0 Å². The monoisotopic (exact) mass is 381 g/mol. The number of aromatic nitrogens is 1. The van der Waals surface area contributed by atoms with Crippen LogP contribution >= 0.6 is 0 Å². The number of likely N-dealkylation sites (tertiary alicyclic amines) is 1. The van der Waals surface area contributed by atoms with E-state index in [9.17, 15) is 9.59 Å². The molecule has 6 nitrogen and oxygen atoms in total. The average Bonchev–Trinajstić information content (AvgIpc) is 3.13. The van der Waals surface area contributed by atoms with E-state index in [1.165, 1.54) is 0 Å². The molecule has 0 bridgehead atoms. The highest BCUT2D eigenvalue weighted by Crippen LogP contribution is 2.45. The Morgan fingerprint density at radius 2 is 2.18 bits per heavy atom. The number of amides is 2. The van der Waals surface area contributed by atoms with Crippen LogP contribution in [0.1, 0.15) is 62.0 Å². The third-order valence-corrected chi connectivity index (χ3v) is 6.17. The predicted octanol–water partition coefficient (Wildman–Crippen LogP) is 3.75. The van der Waals surface area contributed by atoms with Crippen LogP contribution in [0.25, 0.3) is 11.0 Å². The number of carbonyl (C=O) groups is 2. The van der Waals surface area contributed by atoms with Crippen molar-refractivity contribution in [2.24, 2.45) is 0 Å². The molecule has 2 heterocycles. The molecule has 4 rings (SSSR count). The number of carbonyl (C=O) groups excluding carboxylic acids is 2. The van der Waals surface area contributed by atoms with Crippen molar-refractivity contribution in [3.05, 3.63) is 41.1 Å². The molecule has 1 saturated heterocycles. The van der Waals surface area contributed by atoms with Gasteiger partial charge in [-0.15, -0.1) is 0 Å². The minimum atomic E-state index is -0.302. The van der Waals surface area contributed by atoms with Gasteiger partial charge in [0.05, 0.1) is 17.3 Å². The Balaban J connectivity index is 1.51. The first-order valence-corrected chi connectivity index (χ1v) is 10.1. The zero-order valence-electron chi connectivity index (χ0n) is 16.7. The Morgan fingerprint density at radius 3 is 2.89 bits per heavy atom. The second-order valence-corrected chi connectivity index (χ2v) is 8.12. The molecule has 0 radical (unpaired) electrons. The highest BCUT2D eigenvalue weighted by atomic mass is 16.5. The second-order valence-electron chi connectivity index (χ2n) is 8.12. The van der Waals surface area contributed by atoms with Gasteiger partial charge in [-0.05, 0) is 64.2 Å². The summed E-state index contributed by atoms with van der Waals surface area (Å²) in [6.45, 7) is 6.68. The largest absolute Gasteiger partial charge is 0.356 e. The number of hydrogen-bond donors (Lipinski definition) is 1. The molecule has 0 spiro atoms. The molecule has 1 N–H and O–H groups in total. The Labute approximate surface area is 164 Å². The van der Waals surface area contributed by atoms with E-state index in [2.05, 4.69) is 17.4 Å². The number of fused-ring (bicyclic) bond motifs is 1. The van der Waals surface area contributed by atoms with Gasteiger partial charge in [-0.1, -0.05) is 17.7 Å². The van der Waals surface area contributed by atoms with Crippen LogP contribution in [0.5, 0.6) is 0 Å². The maximum atomic E-state index is 12.9. The minimum absolute atomic E-state index is 0.0703. The molecular formula is C22H27N3O3. The lowest BCUT2D eigenvalue weighted by atomic mass is 10.0. The second kappa shape index (κ2) is 7.08. The lowest BCUT2D eigenvalue weighted by Gasteiger charge is -2.32. The smallest absolute Gasteiger partial charge is 0.251 e. The van der Waals surface area contributed by atoms with Gasteiger partial charge < -0.3 is 14.7 Å². The maximum Gasteiger partial charge on any atom is 0.251 e. The summed E-state index contributed by atoms with van der Waals surface area (Å²) in [5.41, 5.74) is 2.78. The third kappa shape index (κ3) is 3.32. The van der Waals surface area contributed by atoms with Crippen LogP contribution in [0.15, 0.2) is 34.4 Å². The quantitative estimate of drug-likeness (QED) is 0.801. The van der Waals surface area contributed by atoms with Crippen molar-refractivity contribution in [1.82, 2.24) is 15.4 Å². The van der Waals surface area contributed by atoms with Crippen molar-refractivity contribution in [2.45, 2.75) is 64.5 Å². The van der Waals surface area contributed by atoms with Crippen LogP contribution in [0, 0.1) is 6.92 Å². The summed E-state index contributed by atoms with van der Waals surface area (Å²) in [4.78, 5) is 27.6. The van der Waals surface area contributed by atoms with Gasteiger partial charge in [0.15, 0.2) is 5.58 Å². The van der Waals surface area contributed by atoms with Crippen molar-refractivity contribution < 1.29 is 14.1 Å². The van der Waals surface area contributed by atoms with E-state index in [1.807, 2.05) is 30.9 Å². The highest BCUT2D eigenvalue weighted by molar-refractivity contribution is 5.98. The van der Waals surface area contributed by atoms with Crippen molar-refractivity contribution in [3.8, 4) is 0 Å². The number of aryl methyl sites for hydroxylation is 1. The fourth-order valence-electron chi connectivity index (χ4n) is 4.18. The van der Waals surface area contributed by atoms with Crippen LogP contribution in [0.4, 0.5) is 0 Å². The molecule has 1 unspecified atom stereocenters. The lowest BCUT2D eigenvalue weighted by Crippen LogP contribution is -2.52. The first-order valence-electron chi connectivity index (χ1n) is 10.1. The molecule has 2 aromatic rings. The molecule has 1 aromatic heterocycles. The van der Waals surface area contributed by atoms with Crippen LogP contribution in [-0.4, -0.2) is 40.0 Å². The molecular weight excluding hydrogens is 354 g/mol. The molecule has 6 heteroatoms. The van der Waals surface area contributed by atoms with Gasteiger partial charge in [0.2, 0.25) is 5.91 Å². The van der Waals surface area contributed by atoms with Gasteiger partial charge in [-0.3, -0.25) is 9.59 Å². The van der Waals surface area contributed by atoms with Crippen LogP contribution < -0.4 is 5.32 Å². The summed E-state index contributed by atoms with van der Waals surface area (Å²) in [5, 5.41) is 8.10. The number of nitrogens with zero attached hydrogens (tertiary/aromatic N) is 2. The summed E-state index contributed by atoms with van der Waals surface area (Å²) in [7, 11) is 0. The van der Waals surface area contributed by atoms with Crippen LogP contribution in [-0.2, 0) is 4.79 Å². The molecule has 2 amide bonds. The standard InChI is InChI=1S/C22H27N3O3/c1-4-14(2)12-20(26)25-11-5-6-19(25)22(9-10-22)23-21(27)16-7-8-17-15(3)24-28-18(17)13-16/h7-8,12-13,19H,4-6,9-11H2,1-3H3,(H,23,27)/b14-12+. The predicted molar refractivity (Wildman–Crippen MR) is 107 cm³/mol. The lowest BCUT2D eigenvalue weighted by molar-refractivity contribution is -0.127. The van der Waals surface area contributed by atoms with Gasteiger partial charge in [-0.2, -0.15) is 0 Å². The van der Waals surface area contributed by atoms with Gasteiger partial charge in [0.25, 0.3) is 5.91 Å². The molecule has 1 aromatic carbocycles. The minimum Gasteiger partial charge on any atom is -0.356 e. The number of nitrogens with one attached hydrogen (secondary N) is 1. The summed E-state index contributed by atoms with van der Waals surface area (Å²) < 4.78 is 5.29. The molecule has 2 fully saturated rings. The molecule has 2 aliphatic rings. The van der Waals surface area contributed by atoms with E-state index in [0.29, 0.717) is 11.1 Å². The van der Waals surface area contributed by atoms with Crippen molar-refractivity contribution >= 4 is 22.8 Å². The molecule has 1 saturated carbocycles. The van der Waals surface area contributed by atoms with Gasteiger partial charge in [-0.25, -0.2) is 0 Å². The first kappa shape index (κ1) is 18.7. The van der Waals surface area contributed by atoms with Crippen molar-refractivity contribution in [1.29, 1.82) is 0 Å². The summed E-state index contributed by atoms with van der Waals surface area (Å²) in [5.74, 6) is -0.0473. The van der Waals surface area contributed by atoms with Crippen LogP contribution in [0.2, 0.25) is 0 Å². The van der Waals surface area contributed by atoms with E-state index in [4.69, 9.17) is 4.52 Å². The Bertz CT molecular complexity index is 955. The maximum absolute atomic E-state index is 12.9. The zero-order valence-corrected chi connectivity index (χ0v) is 16.7. The number of allylic oxidation sites excluding steroid dienone is 1. The van der Waals surface area contributed by atoms with E-state index in [-0.39, 0.29) is 23.4 Å².